The second-order valence-electron chi connectivity index (χ2n) is 10.9. The normalized spacial score (nSPS) is 21.5. The maximum absolute atomic E-state index is 13.0. The molecule has 0 bridgehead atoms. The van der Waals surface area contributed by atoms with Gasteiger partial charge in [0.1, 0.15) is 6.61 Å². The number of hydrogen-bond donors (Lipinski definition) is 0. The Morgan fingerprint density at radius 1 is 0.837 bits per heavy atom. The maximum atomic E-state index is 13.0. The molecule has 9 heteroatoms. The molecule has 1 amide bonds. The van der Waals surface area contributed by atoms with Crippen molar-refractivity contribution in [1.29, 1.82) is 0 Å². The summed E-state index contributed by atoms with van der Waals surface area (Å²) in [6, 6.07) is 29.1. The van der Waals surface area contributed by atoms with Gasteiger partial charge in [-0.15, -0.1) is 0 Å². The highest BCUT2D eigenvalue weighted by atomic mass is 16.7. The molecule has 0 aromatic heterocycles. The average Bonchev–Trinajstić information content (AvgIpc) is 3.04. The third kappa shape index (κ3) is 10.1. The number of hydrogen-bond acceptors (Lipinski definition) is 6. The lowest BCUT2D eigenvalue weighted by Crippen LogP contribution is -2.53. The number of nitrogens with zero attached hydrogens (tertiary/aromatic N) is 4. The first-order chi connectivity index (χ1) is 21.0. The molecule has 5 atom stereocenters. The van der Waals surface area contributed by atoms with Crippen LogP contribution in [0.25, 0.3) is 10.4 Å². The summed E-state index contributed by atoms with van der Waals surface area (Å²) in [5.41, 5.74) is 12.3. The van der Waals surface area contributed by atoms with Crippen molar-refractivity contribution in [3.8, 4) is 0 Å². The first kappa shape index (κ1) is 32.0. The highest BCUT2D eigenvalue weighted by Gasteiger charge is 2.42. The van der Waals surface area contributed by atoms with E-state index in [9.17, 15) is 10.3 Å². The minimum atomic E-state index is -0.639. The lowest BCUT2D eigenvalue weighted by Gasteiger charge is -2.42. The Kier molecular flexibility index (Phi) is 12.9. The van der Waals surface area contributed by atoms with E-state index in [2.05, 4.69) is 10.0 Å². The SMILES string of the molecule is CC1O[C@H](OCCCCCN(Cc2ccccc2)C(=O)OCc2ccccc2)C(N=[N+]=[N-])[C@@H](C)[C@@H]1OCc1ccccc1. The third-order valence-corrected chi connectivity index (χ3v) is 7.65. The predicted octanol–water partition coefficient (Wildman–Crippen LogP) is 7.66. The lowest BCUT2D eigenvalue weighted by molar-refractivity contribution is -0.251. The van der Waals surface area contributed by atoms with Gasteiger partial charge < -0.3 is 23.8 Å². The van der Waals surface area contributed by atoms with Gasteiger partial charge in [0.05, 0.1) is 24.9 Å². The van der Waals surface area contributed by atoms with Crippen LogP contribution in [0.3, 0.4) is 0 Å². The molecule has 1 aliphatic heterocycles. The fourth-order valence-corrected chi connectivity index (χ4v) is 5.28. The van der Waals surface area contributed by atoms with E-state index in [0.717, 1.165) is 36.0 Å². The monoisotopic (exact) mass is 586 g/mol. The molecule has 1 heterocycles. The Balaban J connectivity index is 1.23. The quantitative estimate of drug-likeness (QED) is 0.0787. The molecule has 2 unspecified atom stereocenters. The average molecular weight is 587 g/mol. The number of ether oxygens (including phenoxy) is 4. The number of rotatable bonds is 15. The van der Waals surface area contributed by atoms with Gasteiger partial charge >= 0.3 is 6.09 Å². The van der Waals surface area contributed by atoms with Gasteiger partial charge in [-0.1, -0.05) is 103 Å². The van der Waals surface area contributed by atoms with E-state index in [1.165, 1.54) is 0 Å². The Morgan fingerprint density at radius 2 is 1.44 bits per heavy atom. The summed E-state index contributed by atoms with van der Waals surface area (Å²) in [4.78, 5) is 17.8. The van der Waals surface area contributed by atoms with Crippen molar-refractivity contribution in [2.24, 2.45) is 11.0 Å². The van der Waals surface area contributed by atoms with Gasteiger partial charge in [0.2, 0.25) is 0 Å². The number of carbonyl (C=O) groups excluding carboxylic acids is 1. The van der Waals surface area contributed by atoms with E-state index < -0.39 is 12.3 Å². The van der Waals surface area contributed by atoms with Crippen LogP contribution in [0.15, 0.2) is 96.1 Å². The molecular formula is C34H42N4O5. The van der Waals surface area contributed by atoms with Crippen LogP contribution in [0.4, 0.5) is 4.79 Å². The Labute approximate surface area is 254 Å². The molecule has 4 rings (SSSR count). The molecule has 1 aliphatic rings. The first-order valence-corrected chi connectivity index (χ1v) is 15.0. The number of amides is 1. The van der Waals surface area contributed by atoms with Gasteiger partial charge in [-0.2, -0.15) is 0 Å². The maximum Gasteiger partial charge on any atom is 0.410 e. The van der Waals surface area contributed by atoms with Crippen molar-refractivity contribution in [2.45, 2.75) is 77.4 Å². The molecule has 0 radical (unpaired) electrons. The lowest BCUT2D eigenvalue weighted by atomic mass is 9.89. The van der Waals surface area contributed by atoms with Crippen LogP contribution >= 0.6 is 0 Å². The minimum Gasteiger partial charge on any atom is -0.445 e. The number of azide groups is 1. The summed E-state index contributed by atoms with van der Waals surface area (Å²) in [5, 5.41) is 4.02. The van der Waals surface area contributed by atoms with E-state index in [1.807, 2.05) is 105 Å². The third-order valence-electron chi connectivity index (χ3n) is 7.65. The van der Waals surface area contributed by atoms with Crippen molar-refractivity contribution in [1.82, 2.24) is 4.90 Å². The Bertz CT molecular complexity index is 1270. The molecule has 0 spiro atoms. The van der Waals surface area contributed by atoms with Crippen molar-refractivity contribution < 1.29 is 23.7 Å². The van der Waals surface area contributed by atoms with Crippen molar-refractivity contribution in [3.63, 3.8) is 0 Å². The van der Waals surface area contributed by atoms with Crippen LogP contribution in [0.1, 0.15) is 49.8 Å². The molecule has 9 nitrogen and oxygen atoms in total. The van der Waals surface area contributed by atoms with Gasteiger partial charge in [-0.05, 0) is 54.3 Å². The molecule has 228 valence electrons. The Hall–Kier alpha value is -3.88. The van der Waals surface area contributed by atoms with E-state index >= 15 is 0 Å². The Morgan fingerprint density at radius 3 is 2.07 bits per heavy atom. The van der Waals surface area contributed by atoms with E-state index in [4.69, 9.17) is 18.9 Å². The van der Waals surface area contributed by atoms with E-state index in [0.29, 0.717) is 26.3 Å². The summed E-state index contributed by atoms with van der Waals surface area (Å²) in [7, 11) is 0. The second kappa shape index (κ2) is 17.3. The standard InChI is InChI=1S/C34H42N4O5/c1-26-31(36-37-35)33(43-27(2)32(26)41-24-29-17-9-4-10-18-29)40-22-14-6-13-21-38(23-28-15-7-3-8-16-28)34(39)42-25-30-19-11-5-12-20-30/h3-5,7-12,15-20,26-27,31-33H,6,13-14,21-25H2,1-2H3/t26-,27?,31?,32+,33+/m1/s1. The highest BCUT2D eigenvalue weighted by molar-refractivity contribution is 5.67. The molecular weight excluding hydrogens is 544 g/mol. The molecule has 1 fully saturated rings. The summed E-state index contributed by atoms with van der Waals surface area (Å²) in [6.07, 6.45) is 1.00. The number of benzene rings is 3. The highest BCUT2D eigenvalue weighted by Crippen LogP contribution is 2.32. The number of carbonyl (C=O) groups is 1. The van der Waals surface area contributed by atoms with Gasteiger partial charge in [-0.3, -0.25) is 0 Å². The fraction of sp³-hybridized carbons (Fsp3) is 0.441. The van der Waals surface area contributed by atoms with Crippen LogP contribution in [0.5, 0.6) is 0 Å². The van der Waals surface area contributed by atoms with E-state index in [-0.39, 0.29) is 30.8 Å². The van der Waals surface area contributed by atoms with Gasteiger partial charge in [0.15, 0.2) is 6.29 Å². The van der Waals surface area contributed by atoms with Crippen LogP contribution in [0, 0.1) is 5.92 Å². The molecule has 43 heavy (non-hydrogen) atoms. The molecule has 0 aliphatic carbocycles. The summed E-state index contributed by atoms with van der Waals surface area (Å²) < 4.78 is 24.1. The largest absolute Gasteiger partial charge is 0.445 e. The van der Waals surface area contributed by atoms with Crippen molar-refractivity contribution in [3.05, 3.63) is 118 Å². The van der Waals surface area contributed by atoms with Crippen molar-refractivity contribution >= 4 is 6.09 Å². The van der Waals surface area contributed by atoms with Gasteiger partial charge in [-0.25, -0.2) is 4.79 Å². The fourth-order valence-electron chi connectivity index (χ4n) is 5.28. The molecule has 3 aromatic carbocycles. The smallest absolute Gasteiger partial charge is 0.410 e. The topological polar surface area (TPSA) is 106 Å². The summed E-state index contributed by atoms with van der Waals surface area (Å²) >= 11 is 0. The first-order valence-electron chi connectivity index (χ1n) is 15.0. The molecule has 3 aromatic rings. The zero-order chi connectivity index (χ0) is 30.3. The van der Waals surface area contributed by atoms with Crippen molar-refractivity contribution in [2.75, 3.05) is 13.2 Å². The minimum absolute atomic E-state index is 0.0817. The predicted molar refractivity (Wildman–Crippen MR) is 165 cm³/mol. The van der Waals surface area contributed by atoms with E-state index in [1.54, 1.807) is 4.90 Å². The van der Waals surface area contributed by atoms with Crippen LogP contribution < -0.4 is 0 Å². The van der Waals surface area contributed by atoms with Crippen LogP contribution in [-0.4, -0.2) is 48.7 Å². The zero-order valence-electron chi connectivity index (χ0n) is 25.0. The zero-order valence-corrected chi connectivity index (χ0v) is 25.0. The molecule has 0 N–H and O–H groups in total. The summed E-state index contributed by atoms with van der Waals surface area (Å²) in [6.45, 7) is 6.18. The van der Waals surface area contributed by atoms with Crippen LogP contribution in [0.2, 0.25) is 0 Å². The second-order valence-corrected chi connectivity index (χ2v) is 10.9. The molecule has 0 saturated carbocycles. The molecule has 1 saturated heterocycles. The van der Waals surface area contributed by atoms with Gasteiger partial charge in [0, 0.05) is 24.6 Å². The number of unbranched alkanes of at least 4 members (excludes halogenated alkanes) is 2. The summed E-state index contributed by atoms with van der Waals surface area (Å²) in [5.74, 6) is -0.0817. The van der Waals surface area contributed by atoms with Gasteiger partial charge in [0.25, 0.3) is 0 Å². The van der Waals surface area contributed by atoms with Crippen LogP contribution in [-0.2, 0) is 38.7 Å².